The van der Waals surface area contributed by atoms with Crippen LogP contribution in [0.3, 0.4) is 0 Å². The van der Waals surface area contributed by atoms with Crippen LogP contribution in [-0.2, 0) is 6.54 Å². The average Bonchev–Trinajstić information content (AvgIpc) is 2.74. The molecule has 1 fully saturated rings. The maximum Gasteiger partial charge on any atom is 0.163 e. The third kappa shape index (κ3) is 4.37. The van der Waals surface area contributed by atoms with Gasteiger partial charge in [0.1, 0.15) is 5.82 Å². The van der Waals surface area contributed by atoms with Gasteiger partial charge in [0.15, 0.2) is 5.82 Å². The topological polar surface area (TPSA) is 53.9 Å². The summed E-state index contributed by atoms with van der Waals surface area (Å²) in [7, 11) is 1.91. The first-order valence-electron chi connectivity index (χ1n) is 9.96. The summed E-state index contributed by atoms with van der Waals surface area (Å²) < 4.78 is 0. The number of nitrogens with zero attached hydrogens (tertiary/aromatic N) is 4. The van der Waals surface area contributed by atoms with Gasteiger partial charge in [0, 0.05) is 50.1 Å². The van der Waals surface area contributed by atoms with E-state index in [2.05, 4.69) is 57.4 Å². The number of hydrogen-bond donors (Lipinski definition) is 1. The van der Waals surface area contributed by atoms with Gasteiger partial charge in [0.2, 0.25) is 0 Å². The molecule has 0 amide bonds. The molecule has 0 saturated carbocycles. The second-order valence-electron chi connectivity index (χ2n) is 7.56. The number of aryl methyl sites for hydroxylation is 1. The lowest BCUT2D eigenvalue weighted by Crippen LogP contribution is -2.34. The molecule has 1 atom stereocenters. The summed E-state index contributed by atoms with van der Waals surface area (Å²) in [4.78, 5) is 16.3. The van der Waals surface area contributed by atoms with Crippen molar-refractivity contribution in [3.05, 3.63) is 71.7 Å². The summed E-state index contributed by atoms with van der Waals surface area (Å²) in [6, 6.07) is 14.8. The molecule has 4 rings (SSSR count). The lowest BCUT2D eigenvalue weighted by molar-refractivity contribution is 0.198. The Hall–Kier alpha value is -2.79. The molecule has 3 heterocycles. The van der Waals surface area contributed by atoms with Crippen molar-refractivity contribution in [1.82, 2.24) is 19.9 Å². The number of nitrogens with one attached hydrogen (secondary N) is 1. The van der Waals surface area contributed by atoms with Crippen molar-refractivity contribution >= 4 is 5.82 Å². The number of aromatic nitrogens is 3. The van der Waals surface area contributed by atoms with E-state index in [1.807, 2.05) is 25.4 Å². The molecule has 144 valence electrons. The maximum absolute atomic E-state index is 4.91. The van der Waals surface area contributed by atoms with Crippen LogP contribution >= 0.6 is 0 Å². The highest BCUT2D eigenvalue weighted by Gasteiger charge is 2.23. The smallest absolute Gasteiger partial charge is 0.163 e. The van der Waals surface area contributed by atoms with Crippen LogP contribution in [0.1, 0.15) is 35.6 Å². The summed E-state index contributed by atoms with van der Waals surface area (Å²) in [5.74, 6) is 2.02. The third-order valence-electron chi connectivity index (χ3n) is 5.33. The molecule has 0 aliphatic carbocycles. The molecule has 1 N–H and O–H groups in total. The zero-order valence-electron chi connectivity index (χ0n) is 16.6. The Morgan fingerprint density at radius 2 is 2.07 bits per heavy atom. The summed E-state index contributed by atoms with van der Waals surface area (Å²) in [5.41, 5.74) is 4.78. The van der Waals surface area contributed by atoms with Gasteiger partial charge in [-0.05, 0) is 44.0 Å². The Balaban J connectivity index is 1.56. The molecule has 28 heavy (non-hydrogen) atoms. The average molecular weight is 374 g/mol. The molecule has 2 aromatic heterocycles. The quantitative estimate of drug-likeness (QED) is 0.724. The molecule has 1 aliphatic rings. The zero-order chi connectivity index (χ0) is 19.3. The molecular formula is C23H27N5. The molecule has 1 saturated heterocycles. The van der Waals surface area contributed by atoms with Gasteiger partial charge < -0.3 is 5.32 Å². The van der Waals surface area contributed by atoms with Crippen molar-refractivity contribution in [2.45, 2.75) is 32.2 Å². The fourth-order valence-electron chi connectivity index (χ4n) is 3.94. The molecular weight excluding hydrogens is 346 g/mol. The first-order chi connectivity index (χ1) is 13.7. The predicted octanol–water partition coefficient (Wildman–Crippen LogP) is 4.27. The molecule has 3 aromatic rings. The molecule has 0 spiro atoms. The van der Waals surface area contributed by atoms with Crippen LogP contribution in [0.25, 0.3) is 11.4 Å². The van der Waals surface area contributed by atoms with Gasteiger partial charge in [-0.1, -0.05) is 29.8 Å². The van der Waals surface area contributed by atoms with E-state index in [4.69, 9.17) is 4.98 Å². The van der Waals surface area contributed by atoms with Crippen LogP contribution in [0.4, 0.5) is 5.82 Å². The van der Waals surface area contributed by atoms with E-state index in [9.17, 15) is 0 Å². The molecule has 5 nitrogen and oxygen atoms in total. The maximum atomic E-state index is 4.91. The van der Waals surface area contributed by atoms with E-state index in [0.29, 0.717) is 5.92 Å². The minimum absolute atomic E-state index is 0.420. The van der Waals surface area contributed by atoms with Crippen LogP contribution in [0.15, 0.2) is 54.9 Å². The lowest BCUT2D eigenvalue weighted by Gasteiger charge is -2.32. The fraction of sp³-hybridized carbons (Fsp3) is 0.348. The summed E-state index contributed by atoms with van der Waals surface area (Å²) in [6.07, 6.45) is 5.95. The first-order valence-corrected chi connectivity index (χ1v) is 9.96. The van der Waals surface area contributed by atoms with E-state index in [-0.39, 0.29) is 0 Å². The van der Waals surface area contributed by atoms with E-state index >= 15 is 0 Å². The van der Waals surface area contributed by atoms with Gasteiger partial charge in [0.05, 0.1) is 5.69 Å². The molecule has 5 heteroatoms. The van der Waals surface area contributed by atoms with Crippen molar-refractivity contribution in [2.75, 3.05) is 25.5 Å². The molecule has 0 bridgehead atoms. The predicted molar refractivity (Wildman–Crippen MR) is 113 cm³/mol. The number of piperidine rings is 1. The number of pyridine rings is 1. The minimum atomic E-state index is 0.420. The summed E-state index contributed by atoms with van der Waals surface area (Å²) in [5, 5.41) is 3.19. The lowest BCUT2D eigenvalue weighted by atomic mass is 9.94. The fourth-order valence-corrected chi connectivity index (χ4v) is 3.94. The highest BCUT2D eigenvalue weighted by atomic mass is 15.1. The van der Waals surface area contributed by atoms with Crippen LogP contribution in [0.5, 0.6) is 0 Å². The summed E-state index contributed by atoms with van der Waals surface area (Å²) in [6.45, 7) is 5.32. The minimum Gasteiger partial charge on any atom is -0.373 e. The van der Waals surface area contributed by atoms with Gasteiger partial charge in [-0.2, -0.15) is 0 Å². The second kappa shape index (κ2) is 8.48. The Labute approximate surface area is 166 Å². The number of likely N-dealkylation sites (tertiary alicyclic amines) is 1. The van der Waals surface area contributed by atoms with Crippen LogP contribution < -0.4 is 5.32 Å². The van der Waals surface area contributed by atoms with Crippen LogP contribution in [0.2, 0.25) is 0 Å². The van der Waals surface area contributed by atoms with Crippen molar-refractivity contribution in [1.29, 1.82) is 0 Å². The summed E-state index contributed by atoms with van der Waals surface area (Å²) >= 11 is 0. The van der Waals surface area contributed by atoms with Gasteiger partial charge in [-0.15, -0.1) is 0 Å². The van der Waals surface area contributed by atoms with E-state index in [1.165, 1.54) is 17.5 Å². The Morgan fingerprint density at radius 3 is 2.86 bits per heavy atom. The van der Waals surface area contributed by atoms with Crippen molar-refractivity contribution < 1.29 is 0 Å². The van der Waals surface area contributed by atoms with Crippen LogP contribution in [-0.4, -0.2) is 40.0 Å². The van der Waals surface area contributed by atoms with Crippen molar-refractivity contribution in [3.8, 4) is 11.4 Å². The second-order valence-corrected chi connectivity index (χ2v) is 7.56. The number of anilines is 1. The Morgan fingerprint density at radius 1 is 1.14 bits per heavy atom. The van der Waals surface area contributed by atoms with Gasteiger partial charge >= 0.3 is 0 Å². The van der Waals surface area contributed by atoms with E-state index in [0.717, 1.165) is 49.0 Å². The molecule has 0 unspecified atom stereocenters. The standard InChI is InChI=1S/C23H27N5/c1-17-6-3-7-18(12-17)15-28-11-5-9-20(16-28)21-13-22(24-2)27-23(26-21)19-8-4-10-25-14-19/h3-4,6-8,10,12-14,20H,5,9,11,15-16H2,1-2H3,(H,24,26,27)/t20-/m1/s1. The zero-order valence-corrected chi connectivity index (χ0v) is 16.6. The van der Waals surface area contributed by atoms with E-state index < -0.39 is 0 Å². The number of benzene rings is 1. The Kier molecular flexibility index (Phi) is 5.63. The van der Waals surface area contributed by atoms with Gasteiger partial charge in [0.25, 0.3) is 0 Å². The number of rotatable bonds is 5. The van der Waals surface area contributed by atoms with Gasteiger partial charge in [-0.25, -0.2) is 9.97 Å². The first kappa shape index (κ1) is 18.6. The van der Waals surface area contributed by atoms with Crippen LogP contribution in [0, 0.1) is 6.92 Å². The van der Waals surface area contributed by atoms with Crippen molar-refractivity contribution in [3.63, 3.8) is 0 Å². The van der Waals surface area contributed by atoms with Crippen molar-refractivity contribution in [2.24, 2.45) is 0 Å². The highest BCUT2D eigenvalue weighted by Crippen LogP contribution is 2.29. The normalized spacial score (nSPS) is 17.4. The molecule has 1 aromatic carbocycles. The highest BCUT2D eigenvalue weighted by molar-refractivity contribution is 5.56. The van der Waals surface area contributed by atoms with E-state index in [1.54, 1.807) is 6.20 Å². The van der Waals surface area contributed by atoms with Gasteiger partial charge in [-0.3, -0.25) is 9.88 Å². The SMILES string of the molecule is CNc1cc([C@@H]2CCCN(Cc3cccc(C)c3)C2)nc(-c2cccnc2)n1. The molecule has 1 aliphatic heterocycles. The third-order valence-corrected chi connectivity index (χ3v) is 5.33. The largest absolute Gasteiger partial charge is 0.373 e. The Bertz CT molecular complexity index is 925. The molecule has 0 radical (unpaired) electrons. The monoisotopic (exact) mass is 373 g/mol. The number of hydrogen-bond acceptors (Lipinski definition) is 5.